The first kappa shape index (κ1) is 21.0. The average Bonchev–Trinajstić information content (AvgIpc) is 3.12. The zero-order valence-electron chi connectivity index (χ0n) is 18.9. The first-order chi connectivity index (χ1) is 14.7. The second-order valence-electron chi connectivity index (χ2n) is 9.10. The largest absolute Gasteiger partial charge is 0.444 e. The van der Waals surface area contributed by atoms with Crippen LogP contribution in [-0.2, 0) is 4.74 Å². The van der Waals surface area contributed by atoms with Crippen molar-refractivity contribution in [1.29, 1.82) is 0 Å². The van der Waals surface area contributed by atoms with Gasteiger partial charge in [-0.25, -0.2) is 14.8 Å². The molecule has 4 heterocycles. The maximum absolute atomic E-state index is 12.7. The van der Waals surface area contributed by atoms with Gasteiger partial charge >= 0.3 is 6.09 Å². The van der Waals surface area contributed by atoms with E-state index in [1.54, 1.807) is 23.6 Å². The summed E-state index contributed by atoms with van der Waals surface area (Å²) in [5.74, 6) is 0.828. The minimum atomic E-state index is -0.523. The number of amides is 1. The number of hydrogen-bond donors (Lipinski definition) is 1. The Hall–Kier alpha value is -3.23. The number of aryl methyl sites for hydroxylation is 1. The van der Waals surface area contributed by atoms with E-state index in [4.69, 9.17) is 4.74 Å². The second kappa shape index (κ2) is 7.79. The number of rotatable bonds is 2. The summed E-state index contributed by atoms with van der Waals surface area (Å²) in [7, 11) is 0. The molecule has 1 saturated heterocycles. The Balaban J connectivity index is 1.69. The van der Waals surface area contributed by atoms with Crippen molar-refractivity contribution in [2.45, 2.75) is 59.2 Å². The van der Waals surface area contributed by atoms with Crippen LogP contribution in [0.5, 0.6) is 0 Å². The minimum Gasteiger partial charge on any atom is -0.444 e. The lowest BCUT2D eigenvalue weighted by Crippen LogP contribution is -2.59. The normalized spacial score (nSPS) is 19.7. The summed E-state index contributed by atoms with van der Waals surface area (Å²) in [5, 5.41) is 0.913. The van der Waals surface area contributed by atoms with Crippen LogP contribution < -0.4 is 4.90 Å². The lowest BCUT2D eigenvalue weighted by molar-refractivity contribution is 0.0130. The first-order valence-corrected chi connectivity index (χ1v) is 10.5. The number of fused-ring (bicyclic) bond motifs is 1. The molecule has 0 bridgehead atoms. The van der Waals surface area contributed by atoms with E-state index >= 15 is 0 Å². The lowest BCUT2D eigenvalue weighted by Gasteiger charge is -2.44. The molecule has 3 aromatic rings. The van der Waals surface area contributed by atoms with Gasteiger partial charge in [0.15, 0.2) is 0 Å². The molecule has 164 valence electrons. The quantitative estimate of drug-likeness (QED) is 0.673. The molecule has 2 atom stereocenters. The van der Waals surface area contributed by atoms with Gasteiger partial charge in [-0.2, -0.15) is 0 Å². The number of ether oxygens (including phenoxy) is 1. The molecule has 2 unspecified atom stereocenters. The van der Waals surface area contributed by atoms with Gasteiger partial charge in [-0.05, 0) is 41.5 Å². The molecule has 1 aliphatic rings. The number of H-pyrrole nitrogens is 1. The van der Waals surface area contributed by atoms with Crippen LogP contribution in [0.1, 0.15) is 40.3 Å². The Bertz CT molecular complexity index is 1100. The molecule has 0 saturated carbocycles. The first-order valence-electron chi connectivity index (χ1n) is 10.5. The number of carbonyl (C=O) groups excluding carboxylic acids is 1. The Morgan fingerprint density at radius 3 is 2.55 bits per heavy atom. The van der Waals surface area contributed by atoms with Gasteiger partial charge in [0.2, 0.25) is 0 Å². The highest BCUT2D eigenvalue weighted by Gasteiger charge is 2.36. The molecule has 1 N–H and O–H groups in total. The fraction of sp³-hybridized carbons (Fsp3) is 0.500. The third kappa shape index (κ3) is 4.04. The van der Waals surface area contributed by atoms with Crippen molar-refractivity contribution in [1.82, 2.24) is 29.8 Å². The number of hydrogen-bond acceptors (Lipinski definition) is 7. The highest BCUT2D eigenvalue weighted by molar-refractivity contribution is 6.00. The summed E-state index contributed by atoms with van der Waals surface area (Å²) < 4.78 is 5.61. The van der Waals surface area contributed by atoms with Crippen molar-refractivity contribution < 1.29 is 9.53 Å². The fourth-order valence-electron chi connectivity index (χ4n) is 4.02. The molecule has 0 spiro atoms. The van der Waals surface area contributed by atoms with Gasteiger partial charge in [0.05, 0.1) is 16.8 Å². The van der Waals surface area contributed by atoms with Gasteiger partial charge in [-0.15, -0.1) is 0 Å². The van der Waals surface area contributed by atoms with Gasteiger partial charge in [-0.1, -0.05) is 0 Å². The van der Waals surface area contributed by atoms with Crippen molar-refractivity contribution >= 4 is 22.9 Å². The average molecular weight is 424 g/mol. The van der Waals surface area contributed by atoms with E-state index in [0.29, 0.717) is 13.1 Å². The van der Waals surface area contributed by atoms with E-state index in [9.17, 15) is 4.79 Å². The van der Waals surface area contributed by atoms with E-state index in [0.717, 1.165) is 33.8 Å². The molecule has 9 heteroatoms. The predicted molar refractivity (Wildman–Crippen MR) is 119 cm³/mol. The van der Waals surface area contributed by atoms with Crippen molar-refractivity contribution in [2.24, 2.45) is 0 Å². The van der Waals surface area contributed by atoms with Crippen LogP contribution in [-0.4, -0.2) is 66.7 Å². The van der Waals surface area contributed by atoms with Crippen LogP contribution in [0.15, 0.2) is 24.9 Å². The van der Waals surface area contributed by atoms with Gasteiger partial charge in [-0.3, -0.25) is 9.97 Å². The van der Waals surface area contributed by atoms with Crippen molar-refractivity contribution in [3.8, 4) is 11.3 Å². The molecule has 0 aliphatic carbocycles. The minimum absolute atomic E-state index is 0.0308. The third-order valence-corrected chi connectivity index (χ3v) is 5.47. The topological polar surface area (TPSA) is 100 Å². The number of nitrogens with zero attached hydrogens (tertiary/aromatic N) is 6. The standard InChI is InChI=1S/C22H29N7O2/c1-13-11-29(21(30)31-22(4,5)6)14(2)10-28(13)20-17-16(9-25-19(17)26-12-27-20)18-15(3)23-7-8-24-18/h7-9,12-14H,10-11H2,1-6H3,(H,25,26,27). The molecule has 1 aliphatic heterocycles. The van der Waals surface area contributed by atoms with Gasteiger partial charge in [0.1, 0.15) is 23.4 Å². The zero-order valence-corrected chi connectivity index (χ0v) is 18.9. The van der Waals surface area contributed by atoms with Crippen LogP contribution in [0.25, 0.3) is 22.3 Å². The SMILES string of the molecule is Cc1nccnc1-c1c[nH]c2ncnc(N3CC(C)N(C(=O)OC(C)(C)C)CC3C)c12. The Morgan fingerprint density at radius 1 is 1.10 bits per heavy atom. The molecular formula is C22H29N7O2. The Morgan fingerprint density at radius 2 is 1.84 bits per heavy atom. The van der Waals surface area contributed by atoms with Gasteiger partial charge < -0.3 is 19.5 Å². The van der Waals surface area contributed by atoms with Crippen LogP contribution in [0.2, 0.25) is 0 Å². The number of piperazine rings is 1. The highest BCUT2D eigenvalue weighted by atomic mass is 16.6. The number of anilines is 1. The van der Waals surface area contributed by atoms with Gasteiger partial charge in [0, 0.05) is 49.3 Å². The highest BCUT2D eigenvalue weighted by Crippen LogP contribution is 2.35. The molecule has 0 aromatic carbocycles. The van der Waals surface area contributed by atoms with Crippen molar-refractivity contribution in [2.75, 3.05) is 18.0 Å². The van der Waals surface area contributed by atoms with Crippen LogP contribution >= 0.6 is 0 Å². The lowest BCUT2D eigenvalue weighted by atomic mass is 10.1. The third-order valence-electron chi connectivity index (χ3n) is 5.47. The number of nitrogens with one attached hydrogen (secondary N) is 1. The van der Waals surface area contributed by atoms with Crippen LogP contribution in [0.3, 0.4) is 0 Å². The number of aromatic nitrogens is 5. The summed E-state index contributed by atoms with van der Waals surface area (Å²) >= 11 is 0. The molecule has 1 fully saturated rings. The van der Waals surface area contributed by atoms with Crippen molar-refractivity contribution in [3.05, 3.63) is 30.6 Å². The summed E-state index contributed by atoms with van der Waals surface area (Å²) in [4.78, 5) is 38.0. The molecule has 1 amide bonds. The molecular weight excluding hydrogens is 394 g/mol. The van der Waals surface area contributed by atoms with E-state index in [1.165, 1.54) is 0 Å². The van der Waals surface area contributed by atoms with Crippen LogP contribution in [0.4, 0.5) is 10.6 Å². The van der Waals surface area contributed by atoms with Crippen molar-refractivity contribution in [3.63, 3.8) is 0 Å². The van der Waals surface area contributed by atoms with E-state index in [-0.39, 0.29) is 18.2 Å². The number of carbonyl (C=O) groups is 1. The monoisotopic (exact) mass is 423 g/mol. The van der Waals surface area contributed by atoms with E-state index < -0.39 is 5.60 Å². The molecule has 9 nitrogen and oxygen atoms in total. The van der Waals surface area contributed by atoms with Gasteiger partial charge in [0.25, 0.3) is 0 Å². The number of aromatic amines is 1. The molecule has 31 heavy (non-hydrogen) atoms. The predicted octanol–water partition coefficient (Wildman–Crippen LogP) is 3.56. The van der Waals surface area contributed by atoms with E-state index in [2.05, 4.69) is 36.7 Å². The Kier molecular flexibility index (Phi) is 5.28. The molecule has 4 rings (SSSR count). The smallest absolute Gasteiger partial charge is 0.410 e. The zero-order chi connectivity index (χ0) is 22.3. The van der Waals surface area contributed by atoms with Crippen LogP contribution in [0, 0.1) is 6.92 Å². The fourth-order valence-corrected chi connectivity index (χ4v) is 4.02. The summed E-state index contributed by atoms with van der Waals surface area (Å²) in [6.07, 6.45) is 6.57. The maximum atomic E-state index is 12.7. The summed E-state index contributed by atoms with van der Waals surface area (Å²) in [5.41, 5.74) is 2.79. The Labute approximate surface area is 181 Å². The molecule has 0 radical (unpaired) electrons. The maximum Gasteiger partial charge on any atom is 0.410 e. The summed E-state index contributed by atoms with van der Waals surface area (Å²) in [6, 6.07) is 0.0178. The van der Waals surface area contributed by atoms with E-state index in [1.807, 2.05) is 40.8 Å². The molecule has 3 aromatic heterocycles. The second-order valence-corrected chi connectivity index (χ2v) is 9.10. The summed E-state index contributed by atoms with van der Waals surface area (Å²) in [6.45, 7) is 12.9.